The van der Waals surface area contributed by atoms with E-state index >= 15 is 0 Å². The molecule has 2 aromatic carbocycles. The number of amides is 1. The zero-order valence-electron chi connectivity index (χ0n) is 17.2. The van der Waals surface area contributed by atoms with E-state index in [1.54, 1.807) is 6.92 Å². The Kier molecular flexibility index (Phi) is 6.61. The van der Waals surface area contributed by atoms with E-state index in [4.69, 9.17) is 0 Å². The van der Waals surface area contributed by atoms with Crippen LogP contribution in [0.1, 0.15) is 40.3 Å². The molecule has 0 unspecified atom stereocenters. The first-order chi connectivity index (χ1) is 15.2. The average Bonchev–Trinajstić information content (AvgIpc) is 3.22. The van der Waals surface area contributed by atoms with Crippen LogP contribution >= 0.6 is 0 Å². The van der Waals surface area contributed by atoms with Gasteiger partial charge in [-0.3, -0.25) is 4.79 Å². The lowest BCUT2D eigenvalue weighted by Gasteiger charge is -2.21. The maximum absolute atomic E-state index is 13.6. The van der Waals surface area contributed by atoms with Gasteiger partial charge in [-0.2, -0.15) is 18.3 Å². The van der Waals surface area contributed by atoms with Crippen molar-refractivity contribution in [2.45, 2.75) is 20.0 Å². The fourth-order valence-corrected chi connectivity index (χ4v) is 3.14. The lowest BCUT2D eigenvalue weighted by molar-refractivity contribution is -0.143. The van der Waals surface area contributed by atoms with Crippen molar-refractivity contribution >= 4 is 17.6 Å². The molecule has 0 saturated carbocycles. The molecule has 1 heterocycles. The summed E-state index contributed by atoms with van der Waals surface area (Å²) in [5.74, 6) is -1.98. The highest BCUT2D eigenvalue weighted by Gasteiger charge is 2.41. The van der Waals surface area contributed by atoms with Gasteiger partial charge in [-0.15, -0.1) is 0 Å². The molecule has 3 rings (SSSR count). The topological polar surface area (TPSA) is 64.4 Å². The smallest absolute Gasteiger partial charge is 0.434 e. The third-order valence-corrected chi connectivity index (χ3v) is 4.59. The molecule has 3 aromatic rings. The minimum atomic E-state index is -4.87. The highest BCUT2D eigenvalue weighted by atomic mass is 19.4. The van der Waals surface area contributed by atoms with Crippen molar-refractivity contribution in [1.29, 1.82) is 0 Å². The summed E-state index contributed by atoms with van der Waals surface area (Å²) < 4.78 is 59.4. The molecule has 0 N–H and O–H groups in total. The molecule has 0 fully saturated rings. The minimum absolute atomic E-state index is 0.00857. The Hall–Kier alpha value is -3.69. The Morgan fingerprint density at radius 2 is 1.66 bits per heavy atom. The fraction of sp³-hybridized carbons (Fsp3) is 0.227. The zero-order chi connectivity index (χ0) is 23.5. The van der Waals surface area contributed by atoms with Gasteiger partial charge >= 0.3 is 12.1 Å². The number of benzene rings is 2. The second-order valence-electron chi connectivity index (χ2n) is 6.61. The van der Waals surface area contributed by atoms with Crippen LogP contribution in [0, 0.1) is 5.82 Å². The highest BCUT2D eigenvalue weighted by Crippen LogP contribution is 2.34. The molecule has 6 nitrogen and oxygen atoms in total. The van der Waals surface area contributed by atoms with Gasteiger partial charge in [0.2, 0.25) is 0 Å². The van der Waals surface area contributed by atoms with E-state index in [0.29, 0.717) is 16.9 Å². The Labute approximate surface area is 181 Å². The van der Waals surface area contributed by atoms with Crippen LogP contribution in [-0.2, 0) is 10.9 Å². The van der Waals surface area contributed by atoms with E-state index in [2.05, 4.69) is 9.84 Å². The van der Waals surface area contributed by atoms with Gasteiger partial charge in [-0.1, -0.05) is 0 Å². The van der Waals surface area contributed by atoms with Crippen molar-refractivity contribution in [2.75, 3.05) is 18.1 Å². The lowest BCUT2D eigenvalue weighted by Crippen LogP contribution is -2.30. The summed E-state index contributed by atoms with van der Waals surface area (Å²) in [5.41, 5.74) is -1.27. The van der Waals surface area contributed by atoms with Crippen LogP contribution in [0.2, 0.25) is 0 Å². The van der Waals surface area contributed by atoms with Crippen molar-refractivity contribution in [3.05, 3.63) is 77.4 Å². The molecule has 168 valence electrons. The Morgan fingerprint density at radius 1 is 1.03 bits per heavy atom. The number of ether oxygens (including phenoxy) is 1. The molecule has 0 saturated heterocycles. The number of alkyl halides is 3. The SMILES string of the molecule is CCOC(=O)c1cnn(-c2ccc(C(=O)N(CC)c3ccc(F)cc3)cc2)c1C(F)(F)F. The first-order valence-corrected chi connectivity index (χ1v) is 9.67. The third kappa shape index (κ3) is 4.63. The summed E-state index contributed by atoms with van der Waals surface area (Å²) in [6.07, 6.45) is -4.07. The van der Waals surface area contributed by atoms with Gasteiger partial charge in [0, 0.05) is 17.8 Å². The molecule has 1 amide bonds. The maximum Gasteiger partial charge on any atom is 0.434 e. The predicted molar refractivity (Wildman–Crippen MR) is 108 cm³/mol. The number of carbonyl (C=O) groups excluding carboxylic acids is 2. The summed E-state index contributed by atoms with van der Waals surface area (Å²) in [6.45, 7) is 3.44. The Balaban J connectivity index is 1.94. The normalized spacial score (nSPS) is 11.3. The second kappa shape index (κ2) is 9.21. The molecule has 0 aliphatic rings. The van der Waals surface area contributed by atoms with Crippen molar-refractivity contribution in [3.63, 3.8) is 0 Å². The molecule has 0 atom stereocenters. The van der Waals surface area contributed by atoms with Gasteiger partial charge in [0.15, 0.2) is 5.69 Å². The van der Waals surface area contributed by atoms with Crippen LogP contribution in [-0.4, -0.2) is 34.8 Å². The molecule has 32 heavy (non-hydrogen) atoms. The molecule has 10 heteroatoms. The maximum atomic E-state index is 13.6. The number of halogens is 4. The number of aromatic nitrogens is 2. The predicted octanol–water partition coefficient (Wildman–Crippen LogP) is 4.87. The molecule has 0 aliphatic heterocycles. The van der Waals surface area contributed by atoms with E-state index in [-0.39, 0.29) is 17.9 Å². The number of hydrogen-bond donors (Lipinski definition) is 0. The molecule has 0 radical (unpaired) electrons. The van der Waals surface area contributed by atoms with Crippen LogP contribution in [0.25, 0.3) is 5.69 Å². The van der Waals surface area contributed by atoms with Gasteiger partial charge in [0.05, 0.1) is 18.5 Å². The van der Waals surface area contributed by atoms with Crippen LogP contribution in [0.5, 0.6) is 0 Å². The van der Waals surface area contributed by atoms with Crippen molar-refractivity contribution in [1.82, 2.24) is 9.78 Å². The standard InChI is InChI=1S/C22H19F4N3O3/c1-3-28(16-11-7-15(23)8-12-16)20(30)14-5-9-17(10-6-14)29-19(22(24,25)26)18(13-27-29)21(31)32-4-2/h5-13H,3-4H2,1-2H3. The minimum Gasteiger partial charge on any atom is -0.462 e. The number of nitrogens with zero attached hydrogens (tertiary/aromatic N) is 3. The fourth-order valence-electron chi connectivity index (χ4n) is 3.14. The van der Waals surface area contributed by atoms with Gasteiger partial charge in [-0.25, -0.2) is 13.9 Å². The molecule has 0 bridgehead atoms. The number of carbonyl (C=O) groups is 2. The first-order valence-electron chi connectivity index (χ1n) is 9.67. The summed E-state index contributed by atoms with van der Waals surface area (Å²) in [4.78, 5) is 26.2. The van der Waals surface area contributed by atoms with Crippen LogP contribution in [0.3, 0.4) is 0 Å². The van der Waals surface area contributed by atoms with Gasteiger partial charge in [0.25, 0.3) is 5.91 Å². The second-order valence-corrected chi connectivity index (χ2v) is 6.61. The zero-order valence-corrected chi connectivity index (χ0v) is 17.2. The number of esters is 1. The van der Waals surface area contributed by atoms with Crippen molar-refractivity contribution < 1.29 is 31.9 Å². The summed E-state index contributed by atoms with van der Waals surface area (Å²) in [6, 6.07) is 10.7. The Morgan fingerprint density at radius 3 is 2.19 bits per heavy atom. The molecule has 1 aromatic heterocycles. The summed E-state index contributed by atoms with van der Waals surface area (Å²) in [7, 11) is 0. The van der Waals surface area contributed by atoms with Crippen molar-refractivity contribution in [3.8, 4) is 5.69 Å². The molecular weight excluding hydrogens is 430 g/mol. The highest BCUT2D eigenvalue weighted by molar-refractivity contribution is 6.06. The van der Waals surface area contributed by atoms with Crippen LogP contribution < -0.4 is 4.90 Å². The van der Waals surface area contributed by atoms with E-state index in [1.165, 1.54) is 60.4 Å². The number of rotatable bonds is 6. The summed E-state index contributed by atoms with van der Waals surface area (Å²) in [5, 5.41) is 3.70. The van der Waals surface area contributed by atoms with Gasteiger partial charge in [0.1, 0.15) is 11.4 Å². The molecule has 0 spiro atoms. The van der Waals surface area contributed by atoms with E-state index < -0.39 is 35.1 Å². The van der Waals surface area contributed by atoms with Gasteiger partial charge < -0.3 is 9.64 Å². The number of hydrogen-bond acceptors (Lipinski definition) is 4. The van der Waals surface area contributed by atoms with Crippen molar-refractivity contribution in [2.24, 2.45) is 0 Å². The average molecular weight is 449 g/mol. The van der Waals surface area contributed by atoms with Crippen LogP contribution in [0.15, 0.2) is 54.7 Å². The largest absolute Gasteiger partial charge is 0.462 e. The third-order valence-electron chi connectivity index (χ3n) is 4.59. The van der Waals surface area contributed by atoms with E-state index in [1.807, 2.05) is 0 Å². The number of anilines is 1. The van der Waals surface area contributed by atoms with E-state index in [0.717, 1.165) is 6.20 Å². The molecule has 0 aliphatic carbocycles. The summed E-state index contributed by atoms with van der Waals surface area (Å²) >= 11 is 0. The van der Waals surface area contributed by atoms with Crippen LogP contribution in [0.4, 0.5) is 23.2 Å². The Bertz CT molecular complexity index is 1110. The molecular formula is C22H19F4N3O3. The monoisotopic (exact) mass is 449 g/mol. The lowest BCUT2D eigenvalue weighted by atomic mass is 10.1. The van der Waals surface area contributed by atoms with E-state index in [9.17, 15) is 27.2 Å². The quantitative estimate of drug-likeness (QED) is 0.398. The first kappa shape index (κ1) is 23.0. The van der Waals surface area contributed by atoms with Gasteiger partial charge in [-0.05, 0) is 62.4 Å².